The van der Waals surface area contributed by atoms with Gasteiger partial charge in [0, 0.05) is 29.1 Å². The molecule has 0 radical (unpaired) electrons. The zero-order valence-electron chi connectivity index (χ0n) is 12.4. The molecule has 1 aliphatic heterocycles. The van der Waals surface area contributed by atoms with E-state index in [2.05, 4.69) is 11.9 Å². The highest BCUT2D eigenvalue weighted by atomic mass is 35.5. The molecule has 1 unspecified atom stereocenters. The fraction of sp³-hybridized carbons (Fsp3) is 0.375. The lowest BCUT2D eigenvalue weighted by molar-refractivity contribution is 0.0772. The Morgan fingerprint density at radius 3 is 3.05 bits per heavy atom. The number of aromatic nitrogens is 1. The van der Waals surface area contributed by atoms with Gasteiger partial charge in [0.05, 0.1) is 0 Å². The average Bonchev–Trinajstić information content (AvgIpc) is 3.14. The van der Waals surface area contributed by atoms with Crippen LogP contribution in [-0.2, 0) is 0 Å². The summed E-state index contributed by atoms with van der Waals surface area (Å²) in [6.45, 7) is 4.17. The van der Waals surface area contributed by atoms with Gasteiger partial charge in [-0.1, -0.05) is 30.7 Å². The molecule has 1 fully saturated rings. The molecule has 4 nitrogen and oxygen atoms in total. The van der Waals surface area contributed by atoms with Crippen LogP contribution in [0.1, 0.15) is 23.8 Å². The predicted octanol–water partition coefficient (Wildman–Crippen LogP) is 3.27. The first-order valence-electron chi connectivity index (χ1n) is 7.22. The molecule has 22 heavy (non-hydrogen) atoms. The SMILES string of the molecule is CC1(CN)CCN(C(=O)c2csc(-c3cccc(Cl)c3)n2)C1. The maximum atomic E-state index is 12.6. The number of nitrogens with two attached hydrogens (primary N) is 1. The van der Waals surface area contributed by atoms with Gasteiger partial charge in [0.25, 0.3) is 5.91 Å². The molecule has 3 rings (SSSR count). The molecule has 6 heteroatoms. The Balaban J connectivity index is 1.78. The first kappa shape index (κ1) is 15.5. The number of benzene rings is 1. The van der Waals surface area contributed by atoms with Gasteiger partial charge in [-0.05, 0) is 30.5 Å². The summed E-state index contributed by atoms with van der Waals surface area (Å²) in [5.41, 5.74) is 7.26. The van der Waals surface area contributed by atoms with Crippen molar-refractivity contribution in [3.05, 3.63) is 40.4 Å². The van der Waals surface area contributed by atoms with E-state index in [1.165, 1.54) is 11.3 Å². The number of halogens is 1. The predicted molar refractivity (Wildman–Crippen MR) is 90.2 cm³/mol. The van der Waals surface area contributed by atoms with Gasteiger partial charge in [-0.25, -0.2) is 4.98 Å². The molecular formula is C16H18ClN3OS. The van der Waals surface area contributed by atoms with Crippen molar-refractivity contribution in [1.82, 2.24) is 9.88 Å². The van der Waals surface area contributed by atoms with Crippen LogP contribution >= 0.6 is 22.9 Å². The fourth-order valence-corrected chi connectivity index (χ4v) is 3.63. The molecule has 2 N–H and O–H groups in total. The first-order valence-corrected chi connectivity index (χ1v) is 8.47. The van der Waals surface area contributed by atoms with Gasteiger partial charge in [0.15, 0.2) is 0 Å². The monoisotopic (exact) mass is 335 g/mol. The average molecular weight is 336 g/mol. The van der Waals surface area contributed by atoms with Crippen molar-refractivity contribution in [2.75, 3.05) is 19.6 Å². The van der Waals surface area contributed by atoms with Crippen LogP contribution in [0, 0.1) is 5.41 Å². The molecular weight excluding hydrogens is 318 g/mol. The summed E-state index contributed by atoms with van der Waals surface area (Å²) in [5, 5.41) is 3.29. The van der Waals surface area contributed by atoms with Crippen LogP contribution in [0.2, 0.25) is 5.02 Å². The molecule has 0 bridgehead atoms. The molecule has 1 aromatic carbocycles. The number of carbonyl (C=O) groups is 1. The zero-order valence-corrected chi connectivity index (χ0v) is 14.0. The van der Waals surface area contributed by atoms with Gasteiger partial charge in [-0.3, -0.25) is 4.79 Å². The van der Waals surface area contributed by atoms with Crippen LogP contribution in [0.5, 0.6) is 0 Å². The van der Waals surface area contributed by atoms with E-state index in [1.807, 2.05) is 34.5 Å². The van der Waals surface area contributed by atoms with E-state index in [-0.39, 0.29) is 11.3 Å². The quantitative estimate of drug-likeness (QED) is 0.936. The molecule has 1 saturated heterocycles. The van der Waals surface area contributed by atoms with E-state index in [0.29, 0.717) is 23.8 Å². The highest BCUT2D eigenvalue weighted by Gasteiger charge is 2.35. The summed E-state index contributed by atoms with van der Waals surface area (Å²) in [5.74, 6) is -0.0123. The second-order valence-electron chi connectivity index (χ2n) is 6.04. The van der Waals surface area contributed by atoms with Gasteiger partial charge >= 0.3 is 0 Å². The Kier molecular flexibility index (Phi) is 4.21. The van der Waals surface area contributed by atoms with E-state index in [9.17, 15) is 4.79 Å². The number of amides is 1. The van der Waals surface area contributed by atoms with E-state index in [1.54, 1.807) is 0 Å². The lowest BCUT2D eigenvalue weighted by atomic mass is 9.90. The molecule has 116 valence electrons. The lowest BCUT2D eigenvalue weighted by Crippen LogP contribution is -2.34. The molecule has 1 aromatic heterocycles. The third kappa shape index (κ3) is 3.02. The molecule has 1 amide bonds. The molecule has 0 aliphatic carbocycles. The van der Waals surface area contributed by atoms with E-state index < -0.39 is 0 Å². The van der Waals surface area contributed by atoms with Gasteiger partial charge in [0.1, 0.15) is 10.7 Å². The highest BCUT2D eigenvalue weighted by molar-refractivity contribution is 7.13. The van der Waals surface area contributed by atoms with Crippen molar-refractivity contribution >= 4 is 28.8 Å². The summed E-state index contributed by atoms with van der Waals surface area (Å²) in [4.78, 5) is 18.9. The number of thiazole rings is 1. The van der Waals surface area contributed by atoms with Crippen LogP contribution in [0.15, 0.2) is 29.6 Å². The van der Waals surface area contributed by atoms with Gasteiger partial charge < -0.3 is 10.6 Å². The molecule has 0 saturated carbocycles. The molecule has 2 aromatic rings. The largest absolute Gasteiger partial charge is 0.337 e. The second kappa shape index (κ2) is 5.99. The summed E-state index contributed by atoms with van der Waals surface area (Å²) in [7, 11) is 0. The smallest absolute Gasteiger partial charge is 0.273 e. The van der Waals surface area contributed by atoms with E-state index in [0.717, 1.165) is 23.5 Å². The fourth-order valence-electron chi connectivity index (χ4n) is 2.65. The minimum absolute atomic E-state index is 0.0123. The Bertz CT molecular complexity index is 702. The first-order chi connectivity index (χ1) is 10.5. The topological polar surface area (TPSA) is 59.2 Å². The maximum absolute atomic E-state index is 12.6. The number of likely N-dealkylation sites (tertiary alicyclic amines) is 1. The van der Waals surface area contributed by atoms with Crippen LogP contribution in [0.3, 0.4) is 0 Å². The summed E-state index contributed by atoms with van der Waals surface area (Å²) in [6.07, 6.45) is 0.945. The van der Waals surface area contributed by atoms with Crippen molar-refractivity contribution in [3.8, 4) is 10.6 Å². The molecule has 1 aliphatic rings. The van der Waals surface area contributed by atoms with Gasteiger partial charge in [-0.15, -0.1) is 11.3 Å². The minimum Gasteiger partial charge on any atom is -0.337 e. The minimum atomic E-state index is -0.0123. The number of hydrogen-bond acceptors (Lipinski definition) is 4. The summed E-state index contributed by atoms with van der Waals surface area (Å²) >= 11 is 7.47. The van der Waals surface area contributed by atoms with E-state index in [4.69, 9.17) is 17.3 Å². The standard InChI is InChI=1S/C16H18ClN3OS/c1-16(9-18)5-6-20(10-16)15(21)13-8-22-14(19-13)11-3-2-4-12(17)7-11/h2-4,7-8H,5-6,9-10,18H2,1H3. The Hall–Kier alpha value is -1.43. The normalized spacial score (nSPS) is 21.3. The highest BCUT2D eigenvalue weighted by Crippen LogP contribution is 2.31. The van der Waals surface area contributed by atoms with Crippen LogP contribution in [0.4, 0.5) is 0 Å². The van der Waals surface area contributed by atoms with Crippen molar-refractivity contribution in [3.63, 3.8) is 0 Å². The number of rotatable bonds is 3. The maximum Gasteiger partial charge on any atom is 0.273 e. The van der Waals surface area contributed by atoms with E-state index >= 15 is 0 Å². The summed E-state index contributed by atoms with van der Waals surface area (Å²) in [6, 6.07) is 7.51. The Morgan fingerprint density at radius 2 is 2.36 bits per heavy atom. The molecule has 1 atom stereocenters. The third-order valence-electron chi connectivity index (χ3n) is 4.13. The van der Waals surface area contributed by atoms with Crippen LogP contribution < -0.4 is 5.73 Å². The second-order valence-corrected chi connectivity index (χ2v) is 7.33. The van der Waals surface area contributed by atoms with Crippen molar-refractivity contribution in [2.24, 2.45) is 11.1 Å². The Morgan fingerprint density at radius 1 is 1.55 bits per heavy atom. The van der Waals surface area contributed by atoms with Crippen molar-refractivity contribution in [1.29, 1.82) is 0 Å². The molecule has 0 spiro atoms. The lowest BCUT2D eigenvalue weighted by Gasteiger charge is -2.22. The van der Waals surface area contributed by atoms with Crippen molar-refractivity contribution in [2.45, 2.75) is 13.3 Å². The zero-order chi connectivity index (χ0) is 15.7. The Labute approximate surface area is 138 Å². The van der Waals surface area contributed by atoms with Gasteiger partial charge in [-0.2, -0.15) is 0 Å². The number of nitrogens with zero attached hydrogens (tertiary/aromatic N) is 2. The number of hydrogen-bond donors (Lipinski definition) is 1. The molecule has 2 heterocycles. The number of carbonyl (C=O) groups excluding carboxylic acids is 1. The van der Waals surface area contributed by atoms with Crippen LogP contribution in [0.25, 0.3) is 10.6 Å². The van der Waals surface area contributed by atoms with Gasteiger partial charge in [0.2, 0.25) is 0 Å². The summed E-state index contributed by atoms with van der Waals surface area (Å²) < 4.78 is 0. The van der Waals surface area contributed by atoms with Crippen molar-refractivity contribution < 1.29 is 4.79 Å². The van der Waals surface area contributed by atoms with Crippen LogP contribution in [-0.4, -0.2) is 35.4 Å². The third-order valence-corrected chi connectivity index (χ3v) is 5.26.